The van der Waals surface area contributed by atoms with Gasteiger partial charge in [-0.25, -0.2) is 0 Å². The Labute approximate surface area is 95.5 Å². The van der Waals surface area contributed by atoms with Crippen molar-refractivity contribution < 1.29 is 24.9 Å². The van der Waals surface area contributed by atoms with Gasteiger partial charge in [0, 0.05) is 19.3 Å². The van der Waals surface area contributed by atoms with E-state index < -0.39 is 19.9 Å². The number of rotatable bonds is 9. The van der Waals surface area contributed by atoms with Crippen LogP contribution in [0.1, 0.15) is 19.3 Å². The van der Waals surface area contributed by atoms with Gasteiger partial charge in [0.25, 0.3) is 0 Å². The van der Waals surface area contributed by atoms with Gasteiger partial charge in [0.15, 0.2) is 0 Å². The maximum absolute atomic E-state index is 10.4. The number of carbonyl (C=O) groups is 2. The number of hydrogen-bond acceptors (Lipinski definition) is 3. The van der Waals surface area contributed by atoms with Gasteiger partial charge in [-0.3, -0.25) is 9.59 Å². The second kappa shape index (κ2) is 8.11. The van der Waals surface area contributed by atoms with E-state index >= 15 is 0 Å². The summed E-state index contributed by atoms with van der Waals surface area (Å²) in [7, 11) is -0.641. The summed E-state index contributed by atoms with van der Waals surface area (Å²) in [4.78, 5) is 20.8. The van der Waals surface area contributed by atoms with E-state index in [1.807, 2.05) is 0 Å². The third-order valence-electron chi connectivity index (χ3n) is 2.00. The molecule has 0 aromatic heterocycles. The van der Waals surface area contributed by atoms with Gasteiger partial charge >= 0.3 is 11.9 Å². The zero-order valence-corrected chi connectivity index (χ0v) is 9.95. The van der Waals surface area contributed by atoms with Crippen molar-refractivity contribution in [3.63, 3.8) is 0 Å². The first kappa shape index (κ1) is 14.9. The lowest BCUT2D eigenvalue weighted by Gasteiger charge is -2.15. The monoisotopic (exact) mass is 248 g/mol. The van der Waals surface area contributed by atoms with Crippen LogP contribution in [0.4, 0.5) is 0 Å². The second-order valence-electron chi connectivity index (χ2n) is 3.45. The van der Waals surface area contributed by atoms with Crippen LogP contribution in [0.3, 0.4) is 0 Å². The van der Waals surface area contributed by atoms with Crippen molar-refractivity contribution in [3.8, 4) is 0 Å². The number of allylic oxidation sites excluding steroid dienone is 1. The lowest BCUT2D eigenvalue weighted by atomic mass is 10.4. The molecule has 0 amide bonds. The van der Waals surface area contributed by atoms with Crippen molar-refractivity contribution in [1.82, 2.24) is 0 Å². The average Bonchev–Trinajstić information content (AvgIpc) is 2.15. The Kier molecular flexibility index (Phi) is 7.56. The normalized spacial score (nSPS) is 10.3. The van der Waals surface area contributed by atoms with Gasteiger partial charge in [-0.1, -0.05) is 6.58 Å². The maximum atomic E-state index is 10.4. The van der Waals surface area contributed by atoms with E-state index in [0.717, 1.165) is 0 Å². The first-order valence-corrected chi connectivity index (χ1v) is 6.84. The Morgan fingerprint density at radius 3 is 1.56 bits per heavy atom. The van der Waals surface area contributed by atoms with Crippen LogP contribution in [-0.4, -0.2) is 45.7 Å². The summed E-state index contributed by atoms with van der Waals surface area (Å²) in [5.74, 6) is -1.67. The van der Waals surface area contributed by atoms with E-state index in [0.29, 0.717) is 24.9 Å². The topological polar surface area (TPSA) is 94.8 Å². The SMILES string of the molecule is C=C(O)CCP(CCC(=O)O)CCC(=O)O. The van der Waals surface area contributed by atoms with Crippen molar-refractivity contribution in [2.75, 3.05) is 18.5 Å². The van der Waals surface area contributed by atoms with Crippen molar-refractivity contribution in [3.05, 3.63) is 12.3 Å². The summed E-state index contributed by atoms with van der Waals surface area (Å²) in [5.41, 5.74) is 0. The molecule has 0 atom stereocenters. The maximum Gasteiger partial charge on any atom is 0.303 e. The highest BCUT2D eigenvalue weighted by molar-refractivity contribution is 7.57. The van der Waals surface area contributed by atoms with E-state index in [1.165, 1.54) is 0 Å². The van der Waals surface area contributed by atoms with Gasteiger partial charge in [0.1, 0.15) is 0 Å². The molecular formula is C10H17O5P. The highest BCUT2D eigenvalue weighted by atomic mass is 31.1. The summed E-state index contributed by atoms with van der Waals surface area (Å²) in [5, 5.41) is 26.0. The summed E-state index contributed by atoms with van der Waals surface area (Å²) in [6.07, 6.45) is 2.19. The number of carboxylic acids is 2. The van der Waals surface area contributed by atoms with Crippen LogP contribution >= 0.6 is 7.92 Å². The highest BCUT2D eigenvalue weighted by Crippen LogP contribution is 2.38. The molecule has 0 spiro atoms. The molecule has 0 rings (SSSR count). The quantitative estimate of drug-likeness (QED) is 0.427. The summed E-state index contributed by atoms with van der Waals surface area (Å²) >= 11 is 0. The van der Waals surface area contributed by atoms with Crippen LogP contribution < -0.4 is 0 Å². The lowest BCUT2D eigenvalue weighted by Crippen LogP contribution is -2.05. The molecule has 16 heavy (non-hydrogen) atoms. The highest BCUT2D eigenvalue weighted by Gasteiger charge is 2.12. The van der Waals surface area contributed by atoms with Gasteiger partial charge in [-0.2, -0.15) is 0 Å². The number of aliphatic hydroxyl groups excluding tert-OH is 1. The second-order valence-corrected chi connectivity index (χ2v) is 6.13. The minimum atomic E-state index is -0.870. The average molecular weight is 248 g/mol. The Bertz CT molecular complexity index is 221. The predicted molar refractivity (Wildman–Crippen MR) is 62.4 cm³/mol. The van der Waals surface area contributed by atoms with Crippen molar-refractivity contribution >= 4 is 19.9 Å². The van der Waals surface area contributed by atoms with Crippen LogP contribution in [0.2, 0.25) is 0 Å². The standard InChI is InChI=1S/C10H17O5P/c1-8(11)2-5-16(6-3-9(12)13)7-4-10(14)15/h11H,1-7H2,(H,12,13)(H,14,15). The fourth-order valence-electron chi connectivity index (χ4n) is 1.13. The zero-order valence-electron chi connectivity index (χ0n) is 9.06. The van der Waals surface area contributed by atoms with Crippen LogP contribution in [0.25, 0.3) is 0 Å². The Hall–Kier alpha value is -1.09. The summed E-state index contributed by atoms with van der Waals surface area (Å²) in [6, 6.07) is 0. The molecule has 0 fully saturated rings. The fourth-order valence-corrected chi connectivity index (χ4v) is 3.39. The van der Waals surface area contributed by atoms with Crippen LogP contribution in [-0.2, 0) is 9.59 Å². The molecule has 92 valence electrons. The predicted octanol–water partition coefficient (Wildman–Crippen LogP) is 1.88. The number of carboxylic acid groups (broad SMARTS) is 2. The fraction of sp³-hybridized carbons (Fsp3) is 0.600. The van der Waals surface area contributed by atoms with Gasteiger partial charge in [-0.05, 0) is 18.5 Å². The minimum absolute atomic E-state index is 0.0588. The van der Waals surface area contributed by atoms with E-state index in [2.05, 4.69) is 6.58 Å². The van der Waals surface area contributed by atoms with Gasteiger partial charge < -0.3 is 15.3 Å². The van der Waals surface area contributed by atoms with E-state index in [9.17, 15) is 9.59 Å². The molecule has 0 saturated heterocycles. The third-order valence-corrected chi connectivity index (χ3v) is 4.57. The number of hydrogen-bond donors (Lipinski definition) is 3. The number of aliphatic carboxylic acids is 2. The van der Waals surface area contributed by atoms with Crippen LogP contribution in [0.5, 0.6) is 0 Å². The first-order valence-electron chi connectivity index (χ1n) is 4.94. The van der Waals surface area contributed by atoms with E-state index in [1.54, 1.807) is 0 Å². The Morgan fingerprint density at radius 1 is 0.875 bits per heavy atom. The van der Waals surface area contributed by atoms with Crippen LogP contribution in [0, 0.1) is 0 Å². The summed E-state index contributed by atoms with van der Waals surface area (Å²) < 4.78 is 0. The van der Waals surface area contributed by atoms with E-state index in [-0.39, 0.29) is 18.6 Å². The third kappa shape index (κ3) is 9.46. The molecule has 0 aromatic carbocycles. The molecule has 0 saturated carbocycles. The lowest BCUT2D eigenvalue weighted by molar-refractivity contribution is -0.137. The number of aliphatic hydroxyl groups is 1. The first-order chi connectivity index (χ1) is 7.41. The zero-order chi connectivity index (χ0) is 12.6. The molecule has 0 aliphatic heterocycles. The molecule has 0 radical (unpaired) electrons. The molecule has 0 aromatic rings. The Balaban J connectivity index is 3.98. The van der Waals surface area contributed by atoms with Crippen LogP contribution in [0.15, 0.2) is 12.3 Å². The molecule has 3 N–H and O–H groups in total. The van der Waals surface area contributed by atoms with Crippen molar-refractivity contribution in [2.24, 2.45) is 0 Å². The van der Waals surface area contributed by atoms with Gasteiger partial charge in [0.05, 0.1) is 5.76 Å². The van der Waals surface area contributed by atoms with Crippen molar-refractivity contribution in [1.29, 1.82) is 0 Å². The van der Waals surface area contributed by atoms with Crippen molar-refractivity contribution in [2.45, 2.75) is 19.3 Å². The molecular weight excluding hydrogens is 231 g/mol. The molecule has 5 nitrogen and oxygen atoms in total. The van der Waals surface area contributed by atoms with E-state index in [4.69, 9.17) is 15.3 Å². The molecule has 0 aliphatic carbocycles. The molecule has 0 bridgehead atoms. The molecule has 0 heterocycles. The molecule has 0 aliphatic rings. The summed E-state index contributed by atoms with van der Waals surface area (Å²) in [6.45, 7) is 3.35. The molecule has 6 heteroatoms. The Morgan fingerprint density at radius 2 is 1.25 bits per heavy atom. The van der Waals surface area contributed by atoms with Gasteiger partial charge in [0.2, 0.25) is 0 Å². The molecule has 0 unspecified atom stereocenters. The van der Waals surface area contributed by atoms with Gasteiger partial charge in [-0.15, -0.1) is 7.92 Å². The largest absolute Gasteiger partial charge is 0.513 e. The minimum Gasteiger partial charge on any atom is -0.513 e. The smallest absolute Gasteiger partial charge is 0.303 e.